The molecule has 0 bridgehead atoms. The summed E-state index contributed by atoms with van der Waals surface area (Å²) in [6, 6.07) is 10.0. The van der Waals surface area contributed by atoms with Gasteiger partial charge in [-0.15, -0.1) is 0 Å². The monoisotopic (exact) mass is 315 g/mol. The van der Waals surface area contributed by atoms with Gasteiger partial charge in [0.05, 0.1) is 7.11 Å². The fraction of sp³-hybridized carbons (Fsp3) is 0.412. The molecule has 0 aliphatic carbocycles. The van der Waals surface area contributed by atoms with Gasteiger partial charge in [-0.25, -0.2) is 9.97 Å². The first-order valence-corrected chi connectivity index (χ1v) is 7.75. The highest BCUT2D eigenvalue weighted by Gasteiger charge is 2.00. The summed E-state index contributed by atoms with van der Waals surface area (Å²) in [5, 5.41) is 6.62. The summed E-state index contributed by atoms with van der Waals surface area (Å²) in [7, 11) is 5.78. The van der Waals surface area contributed by atoms with Crippen LogP contribution in [0, 0.1) is 0 Å². The molecule has 1 heterocycles. The molecule has 0 atom stereocenters. The van der Waals surface area contributed by atoms with Gasteiger partial charge in [0.2, 0.25) is 0 Å². The lowest BCUT2D eigenvalue weighted by Crippen LogP contribution is -2.21. The number of hydrogen-bond donors (Lipinski definition) is 2. The summed E-state index contributed by atoms with van der Waals surface area (Å²) in [6.07, 6.45) is 2.48. The Balaban J connectivity index is 1.81. The van der Waals surface area contributed by atoms with Gasteiger partial charge in [-0.1, -0.05) is 12.1 Å². The van der Waals surface area contributed by atoms with Crippen LogP contribution in [0.1, 0.15) is 5.56 Å². The highest BCUT2D eigenvalue weighted by Crippen LogP contribution is 2.13. The van der Waals surface area contributed by atoms with Crippen LogP contribution < -0.4 is 15.4 Å². The lowest BCUT2D eigenvalue weighted by molar-refractivity contribution is 0.414. The van der Waals surface area contributed by atoms with Gasteiger partial charge < -0.3 is 20.3 Å². The summed E-state index contributed by atoms with van der Waals surface area (Å²) in [6.45, 7) is 2.62. The first kappa shape index (κ1) is 17.0. The Hall–Kier alpha value is -2.34. The molecule has 0 saturated heterocycles. The molecule has 0 aliphatic rings. The molecule has 6 heteroatoms. The third-order valence-electron chi connectivity index (χ3n) is 3.39. The molecule has 6 nitrogen and oxygen atoms in total. The van der Waals surface area contributed by atoms with E-state index >= 15 is 0 Å². The van der Waals surface area contributed by atoms with Crippen LogP contribution in [-0.2, 0) is 6.42 Å². The van der Waals surface area contributed by atoms with Crippen LogP contribution in [0.2, 0.25) is 0 Å². The molecule has 2 N–H and O–H groups in total. The number of nitrogens with zero attached hydrogens (tertiary/aromatic N) is 3. The van der Waals surface area contributed by atoms with Crippen molar-refractivity contribution in [2.45, 2.75) is 6.42 Å². The van der Waals surface area contributed by atoms with E-state index in [0.29, 0.717) is 0 Å². The number of methoxy groups -OCH3 is 1. The molecule has 0 unspecified atom stereocenters. The van der Waals surface area contributed by atoms with Crippen molar-refractivity contribution in [2.75, 3.05) is 51.5 Å². The van der Waals surface area contributed by atoms with Gasteiger partial charge >= 0.3 is 0 Å². The Kier molecular flexibility index (Phi) is 6.62. The Bertz CT molecular complexity index is 603. The minimum atomic E-state index is 0.807. The van der Waals surface area contributed by atoms with E-state index < -0.39 is 0 Å². The molecule has 2 aromatic rings. The van der Waals surface area contributed by atoms with Gasteiger partial charge in [0.25, 0.3) is 0 Å². The van der Waals surface area contributed by atoms with Crippen molar-refractivity contribution in [1.29, 1.82) is 0 Å². The Labute approximate surface area is 137 Å². The highest BCUT2D eigenvalue weighted by molar-refractivity contribution is 5.46. The zero-order chi connectivity index (χ0) is 16.5. The number of benzene rings is 1. The van der Waals surface area contributed by atoms with Crippen LogP contribution in [-0.4, -0.2) is 55.7 Å². The van der Waals surface area contributed by atoms with E-state index in [1.54, 1.807) is 13.4 Å². The van der Waals surface area contributed by atoms with Crippen molar-refractivity contribution in [1.82, 2.24) is 14.9 Å². The fourth-order valence-corrected chi connectivity index (χ4v) is 2.12. The molecule has 0 fully saturated rings. The third kappa shape index (κ3) is 6.12. The van der Waals surface area contributed by atoms with E-state index in [-0.39, 0.29) is 0 Å². The topological polar surface area (TPSA) is 62.3 Å². The molecular weight excluding hydrogens is 290 g/mol. The zero-order valence-electron chi connectivity index (χ0n) is 14.0. The smallest absolute Gasteiger partial charge is 0.131 e. The number of anilines is 2. The third-order valence-corrected chi connectivity index (χ3v) is 3.39. The average molecular weight is 315 g/mol. The molecule has 0 aliphatic heterocycles. The summed E-state index contributed by atoms with van der Waals surface area (Å²) in [4.78, 5) is 10.6. The predicted octanol–water partition coefficient (Wildman–Crippen LogP) is 2.11. The standard InChI is InChI=1S/C17H25N5O/c1-22(2)10-9-19-17-12-16(20-13-21-17)18-8-7-14-5-4-6-15(11-14)23-3/h4-6,11-13H,7-10H2,1-3H3,(H2,18,19,20,21). The molecular formula is C17H25N5O. The van der Waals surface area contributed by atoms with Gasteiger partial charge in [0, 0.05) is 25.7 Å². The number of likely N-dealkylation sites (N-methyl/N-ethyl adjacent to an activating group) is 1. The maximum Gasteiger partial charge on any atom is 0.131 e. The van der Waals surface area contributed by atoms with Gasteiger partial charge in [-0.3, -0.25) is 0 Å². The SMILES string of the molecule is COc1cccc(CCNc2cc(NCCN(C)C)ncn2)c1. The quantitative estimate of drug-likeness (QED) is 0.739. The van der Waals surface area contributed by atoms with Crippen LogP contribution in [0.25, 0.3) is 0 Å². The number of nitrogens with one attached hydrogen (secondary N) is 2. The van der Waals surface area contributed by atoms with Crippen molar-refractivity contribution in [3.8, 4) is 5.75 Å². The summed E-state index contributed by atoms with van der Waals surface area (Å²) in [5.41, 5.74) is 1.23. The summed E-state index contributed by atoms with van der Waals surface area (Å²) < 4.78 is 5.24. The van der Waals surface area contributed by atoms with Crippen molar-refractivity contribution < 1.29 is 4.74 Å². The number of rotatable bonds is 9. The van der Waals surface area contributed by atoms with Crippen LogP contribution in [0.4, 0.5) is 11.6 Å². The Morgan fingerprint density at radius 2 is 1.78 bits per heavy atom. The second kappa shape index (κ2) is 8.95. The molecule has 0 radical (unpaired) electrons. The second-order valence-electron chi connectivity index (χ2n) is 5.55. The number of hydrogen-bond acceptors (Lipinski definition) is 6. The molecule has 124 valence electrons. The largest absolute Gasteiger partial charge is 0.497 e. The minimum absolute atomic E-state index is 0.807. The van der Waals surface area contributed by atoms with Crippen molar-refractivity contribution in [2.24, 2.45) is 0 Å². The van der Waals surface area contributed by atoms with Crippen LogP contribution in [0.3, 0.4) is 0 Å². The van der Waals surface area contributed by atoms with E-state index in [0.717, 1.165) is 43.4 Å². The lowest BCUT2D eigenvalue weighted by Gasteiger charge is -2.11. The fourth-order valence-electron chi connectivity index (χ4n) is 2.12. The molecule has 0 saturated carbocycles. The van der Waals surface area contributed by atoms with E-state index in [4.69, 9.17) is 4.74 Å². The first-order valence-electron chi connectivity index (χ1n) is 7.75. The average Bonchev–Trinajstić information content (AvgIpc) is 2.55. The van der Waals surface area contributed by atoms with Gasteiger partial charge in [0.15, 0.2) is 0 Å². The van der Waals surface area contributed by atoms with Crippen molar-refractivity contribution in [3.05, 3.63) is 42.2 Å². The van der Waals surface area contributed by atoms with Crippen molar-refractivity contribution in [3.63, 3.8) is 0 Å². The zero-order valence-corrected chi connectivity index (χ0v) is 14.0. The van der Waals surface area contributed by atoms with Crippen LogP contribution in [0.5, 0.6) is 5.75 Å². The van der Waals surface area contributed by atoms with E-state index in [1.165, 1.54) is 5.56 Å². The lowest BCUT2D eigenvalue weighted by atomic mass is 10.1. The second-order valence-corrected chi connectivity index (χ2v) is 5.55. The molecule has 1 aromatic heterocycles. The normalized spacial score (nSPS) is 10.6. The summed E-state index contributed by atoms with van der Waals surface area (Å²) in [5.74, 6) is 2.55. The van der Waals surface area contributed by atoms with Gasteiger partial charge in [0.1, 0.15) is 23.7 Å². The number of aromatic nitrogens is 2. The van der Waals surface area contributed by atoms with Crippen LogP contribution >= 0.6 is 0 Å². The molecule has 0 spiro atoms. The number of ether oxygens (including phenoxy) is 1. The predicted molar refractivity (Wildman–Crippen MR) is 94.3 cm³/mol. The molecule has 2 rings (SSSR count). The molecule has 0 amide bonds. The Morgan fingerprint density at radius 1 is 1.04 bits per heavy atom. The summed E-state index contributed by atoms with van der Waals surface area (Å²) >= 11 is 0. The van der Waals surface area contributed by atoms with E-state index in [1.807, 2.05) is 32.3 Å². The first-order chi connectivity index (χ1) is 11.2. The molecule has 1 aromatic carbocycles. The minimum Gasteiger partial charge on any atom is -0.497 e. The van der Waals surface area contributed by atoms with Crippen LogP contribution in [0.15, 0.2) is 36.7 Å². The van der Waals surface area contributed by atoms with E-state index in [2.05, 4.69) is 37.6 Å². The van der Waals surface area contributed by atoms with E-state index in [9.17, 15) is 0 Å². The maximum atomic E-state index is 5.24. The molecule has 23 heavy (non-hydrogen) atoms. The van der Waals surface area contributed by atoms with Gasteiger partial charge in [-0.05, 0) is 38.2 Å². The maximum absolute atomic E-state index is 5.24. The van der Waals surface area contributed by atoms with Gasteiger partial charge in [-0.2, -0.15) is 0 Å². The van der Waals surface area contributed by atoms with Crippen molar-refractivity contribution >= 4 is 11.6 Å². The Morgan fingerprint density at radius 3 is 2.48 bits per heavy atom. The highest BCUT2D eigenvalue weighted by atomic mass is 16.5.